The van der Waals surface area contributed by atoms with E-state index in [1.54, 1.807) is 6.07 Å². The molecular weight excluding hydrogens is 315 g/mol. The SMILES string of the molecule is CCSC1CCC(Nc2cc(F)c(Br)cc2N)C1. The van der Waals surface area contributed by atoms with Crippen molar-refractivity contribution in [2.45, 2.75) is 37.5 Å². The summed E-state index contributed by atoms with van der Waals surface area (Å²) >= 11 is 5.15. The van der Waals surface area contributed by atoms with Crippen LogP contribution in [-0.2, 0) is 0 Å². The number of hydrogen-bond acceptors (Lipinski definition) is 3. The minimum Gasteiger partial charge on any atom is -0.397 e. The smallest absolute Gasteiger partial charge is 0.139 e. The van der Waals surface area contributed by atoms with E-state index in [9.17, 15) is 4.39 Å². The third kappa shape index (κ3) is 3.32. The van der Waals surface area contributed by atoms with E-state index in [2.05, 4.69) is 28.2 Å². The number of hydrogen-bond donors (Lipinski definition) is 2. The molecule has 18 heavy (non-hydrogen) atoms. The van der Waals surface area contributed by atoms with Crippen LogP contribution >= 0.6 is 27.7 Å². The quantitative estimate of drug-likeness (QED) is 0.809. The van der Waals surface area contributed by atoms with Gasteiger partial charge in [-0.25, -0.2) is 4.39 Å². The minimum atomic E-state index is -0.274. The lowest BCUT2D eigenvalue weighted by atomic mass is 10.2. The Balaban J connectivity index is 2.00. The molecule has 2 atom stereocenters. The molecule has 0 aliphatic heterocycles. The third-order valence-electron chi connectivity index (χ3n) is 3.24. The number of nitrogens with one attached hydrogen (secondary N) is 1. The van der Waals surface area contributed by atoms with Gasteiger partial charge in [0.15, 0.2) is 0 Å². The normalized spacial score (nSPS) is 23.3. The van der Waals surface area contributed by atoms with E-state index < -0.39 is 0 Å². The molecule has 1 aliphatic rings. The third-order valence-corrected chi connectivity index (χ3v) is 5.08. The molecule has 1 aromatic carbocycles. The molecule has 2 unspecified atom stereocenters. The summed E-state index contributed by atoms with van der Waals surface area (Å²) in [5, 5.41) is 4.10. The van der Waals surface area contributed by atoms with Gasteiger partial charge in [0, 0.05) is 17.4 Å². The van der Waals surface area contributed by atoms with E-state index in [4.69, 9.17) is 5.73 Å². The monoisotopic (exact) mass is 332 g/mol. The second-order valence-corrected chi connectivity index (χ2v) is 7.02. The highest BCUT2D eigenvalue weighted by atomic mass is 79.9. The Bertz CT molecular complexity index is 428. The van der Waals surface area contributed by atoms with Gasteiger partial charge in [-0.1, -0.05) is 6.92 Å². The molecular formula is C13H18BrFN2S. The number of nitrogen functional groups attached to an aromatic ring is 1. The minimum absolute atomic E-state index is 0.274. The fourth-order valence-electron chi connectivity index (χ4n) is 2.37. The average molecular weight is 333 g/mol. The lowest BCUT2D eigenvalue weighted by Gasteiger charge is -2.16. The summed E-state index contributed by atoms with van der Waals surface area (Å²) in [7, 11) is 0. The predicted molar refractivity (Wildman–Crippen MR) is 81.7 cm³/mol. The van der Waals surface area contributed by atoms with Gasteiger partial charge in [-0.3, -0.25) is 0 Å². The Labute approximate surface area is 120 Å². The standard InChI is InChI=1S/C13H18BrFN2S/c1-2-18-9-4-3-8(5-9)17-13-7-11(15)10(14)6-12(13)16/h6-9,17H,2-5,16H2,1H3. The van der Waals surface area contributed by atoms with E-state index in [-0.39, 0.29) is 5.82 Å². The molecule has 2 rings (SSSR count). The molecule has 100 valence electrons. The average Bonchev–Trinajstić information content (AvgIpc) is 2.74. The Kier molecular flexibility index (Phi) is 4.78. The van der Waals surface area contributed by atoms with Crippen LogP contribution in [-0.4, -0.2) is 17.0 Å². The van der Waals surface area contributed by atoms with Crippen molar-refractivity contribution in [3.05, 3.63) is 22.4 Å². The van der Waals surface area contributed by atoms with Gasteiger partial charge in [0.25, 0.3) is 0 Å². The summed E-state index contributed by atoms with van der Waals surface area (Å²) in [5.41, 5.74) is 7.20. The number of thioether (sulfide) groups is 1. The zero-order valence-corrected chi connectivity index (χ0v) is 12.8. The van der Waals surface area contributed by atoms with Crippen molar-refractivity contribution in [3.63, 3.8) is 0 Å². The lowest BCUT2D eigenvalue weighted by Crippen LogP contribution is -2.17. The van der Waals surface area contributed by atoms with Crippen LogP contribution < -0.4 is 11.1 Å². The highest BCUT2D eigenvalue weighted by Crippen LogP contribution is 2.33. The van der Waals surface area contributed by atoms with Crippen LogP contribution in [0, 0.1) is 5.82 Å². The van der Waals surface area contributed by atoms with Crippen molar-refractivity contribution >= 4 is 39.1 Å². The molecule has 2 nitrogen and oxygen atoms in total. The Morgan fingerprint density at radius 3 is 3.00 bits per heavy atom. The van der Waals surface area contributed by atoms with Crippen LogP contribution in [0.2, 0.25) is 0 Å². The topological polar surface area (TPSA) is 38.0 Å². The van der Waals surface area contributed by atoms with Gasteiger partial charge in [-0.05, 0) is 47.0 Å². The maximum Gasteiger partial charge on any atom is 0.139 e. The molecule has 0 bridgehead atoms. The second-order valence-electron chi connectivity index (χ2n) is 4.59. The van der Waals surface area contributed by atoms with E-state index in [0.29, 0.717) is 21.9 Å². The number of benzene rings is 1. The van der Waals surface area contributed by atoms with E-state index in [0.717, 1.165) is 23.8 Å². The fraction of sp³-hybridized carbons (Fsp3) is 0.538. The predicted octanol–water partition coefficient (Wildman–Crippen LogP) is 4.26. The van der Waals surface area contributed by atoms with Gasteiger partial charge < -0.3 is 11.1 Å². The van der Waals surface area contributed by atoms with Crippen LogP contribution in [0.3, 0.4) is 0 Å². The first kappa shape index (κ1) is 14.0. The summed E-state index contributed by atoms with van der Waals surface area (Å²) in [6.45, 7) is 2.19. The van der Waals surface area contributed by atoms with Crippen LogP contribution in [0.5, 0.6) is 0 Å². The maximum absolute atomic E-state index is 13.5. The first-order chi connectivity index (χ1) is 8.60. The fourth-order valence-corrected chi connectivity index (χ4v) is 3.87. The van der Waals surface area contributed by atoms with Gasteiger partial charge in [-0.15, -0.1) is 0 Å². The Morgan fingerprint density at radius 2 is 2.28 bits per heavy atom. The molecule has 3 N–H and O–H groups in total. The number of anilines is 2. The van der Waals surface area contributed by atoms with Gasteiger partial charge in [0.05, 0.1) is 15.8 Å². The number of halogens is 2. The van der Waals surface area contributed by atoms with Gasteiger partial charge in [0.2, 0.25) is 0 Å². The zero-order valence-electron chi connectivity index (χ0n) is 10.4. The largest absolute Gasteiger partial charge is 0.397 e. The van der Waals surface area contributed by atoms with Crippen molar-refractivity contribution in [1.82, 2.24) is 0 Å². The summed E-state index contributed by atoms with van der Waals surface area (Å²) in [5.74, 6) is 0.885. The first-order valence-electron chi connectivity index (χ1n) is 6.22. The van der Waals surface area contributed by atoms with Gasteiger partial charge in [0.1, 0.15) is 5.82 Å². The van der Waals surface area contributed by atoms with Gasteiger partial charge >= 0.3 is 0 Å². The van der Waals surface area contributed by atoms with E-state index >= 15 is 0 Å². The van der Waals surface area contributed by atoms with Gasteiger partial charge in [-0.2, -0.15) is 11.8 Å². The molecule has 0 heterocycles. The summed E-state index contributed by atoms with van der Waals surface area (Å²) in [4.78, 5) is 0. The Hall–Kier alpha value is -0.420. The molecule has 0 saturated heterocycles. The van der Waals surface area contributed by atoms with Crippen molar-refractivity contribution < 1.29 is 4.39 Å². The number of nitrogens with two attached hydrogens (primary N) is 1. The van der Waals surface area contributed by atoms with E-state index in [1.165, 1.54) is 12.5 Å². The molecule has 5 heteroatoms. The lowest BCUT2D eigenvalue weighted by molar-refractivity contribution is 0.621. The maximum atomic E-state index is 13.5. The van der Waals surface area contributed by atoms with Crippen molar-refractivity contribution in [2.75, 3.05) is 16.8 Å². The second kappa shape index (κ2) is 6.15. The number of rotatable bonds is 4. The van der Waals surface area contributed by atoms with Crippen molar-refractivity contribution in [3.8, 4) is 0 Å². The molecule has 0 spiro atoms. The molecule has 0 aromatic heterocycles. The molecule has 1 saturated carbocycles. The van der Waals surface area contributed by atoms with Crippen molar-refractivity contribution in [1.29, 1.82) is 0 Å². The van der Waals surface area contributed by atoms with E-state index in [1.807, 2.05) is 11.8 Å². The zero-order chi connectivity index (χ0) is 13.1. The summed E-state index contributed by atoms with van der Waals surface area (Å²) in [6, 6.07) is 3.50. The van der Waals surface area contributed by atoms with Crippen LogP contribution in [0.25, 0.3) is 0 Å². The first-order valence-corrected chi connectivity index (χ1v) is 8.07. The van der Waals surface area contributed by atoms with Crippen LogP contribution in [0.1, 0.15) is 26.2 Å². The van der Waals surface area contributed by atoms with Crippen molar-refractivity contribution in [2.24, 2.45) is 0 Å². The molecule has 1 fully saturated rings. The summed E-state index contributed by atoms with van der Waals surface area (Å²) in [6.07, 6.45) is 3.50. The molecule has 0 amide bonds. The van der Waals surface area contributed by atoms with Crippen LogP contribution in [0.15, 0.2) is 16.6 Å². The summed E-state index contributed by atoms with van der Waals surface area (Å²) < 4.78 is 13.9. The molecule has 1 aliphatic carbocycles. The Morgan fingerprint density at radius 1 is 1.50 bits per heavy atom. The van der Waals surface area contributed by atoms with Crippen LogP contribution in [0.4, 0.5) is 15.8 Å². The molecule has 0 radical (unpaired) electrons. The highest BCUT2D eigenvalue weighted by molar-refractivity contribution is 9.10. The highest BCUT2D eigenvalue weighted by Gasteiger charge is 2.24. The molecule has 1 aromatic rings.